The quantitative estimate of drug-likeness (QED) is 0.152. The lowest BCUT2D eigenvalue weighted by Gasteiger charge is -2.53. The molecule has 49 heavy (non-hydrogen) atoms. The van der Waals surface area contributed by atoms with Crippen LogP contribution in [-0.4, -0.2) is 81.8 Å². The first-order valence-electron chi connectivity index (χ1n) is 17.8. The number of carbonyl (C=O) groups is 3. The standard InChI is InChI=1S/C26H34N2O7S.C12H23N/c1-14(29)35-12-16-13-36-23-26(34-8,22(33)28(23)19(16)21(31)32)27-11-15-9-17(24(2,3)4)20(30)18(10-15)25(5,6)7;1-3-7-11(8-4-1)13-12-9-5-2-6-10-12/h9-11,23,30H,12-13H2,1-8H3,(H,31,32);11-13H,1-10H2/t23-,26+;/m1./s1. The number of phenols is 1. The molecular weight excluding hydrogens is 642 g/mol. The number of aliphatic imine (C=N–C) groups is 1. The minimum Gasteiger partial charge on any atom is -0.507 e. The number of carboxylic acids is 1. The molecule has 1 amide bonds. The summed E-state index contributed by atoms with van der Waals surface area (Å²) < 4.78 is 10.6. The van der Waals surface area contributed by atoms with E-state index in [0.29, 0.717) is 11.1 Å². The molecule has 4 aliphatic rings. The second-order valence-corrected chi connectivity index (χ2v) is 16.9. The van der Waals surface area contributed by atoms with E-state index in [9.17, 15) is 24.6 Å². The molecular formula is C38H57N3O7S. The van der Waals surface area contributed by atoms with Crippen LogP contribution in [-0.2, 0) is 34.7 Å². The van der Waals surface area contributed by atoms with Crippen molar-refractivity contribution in [3.8, 4) is 5.75 Å². The molecule has 0 radical (unpaired) electrons. The Bertz CT molecular complexity index is 1380. The van der Waals surface area contributed by atoms with E-state index in [1.807, 2.05) is 53.7 Å². The van der Waals surface area contributed by atoms with E-state index in [4.69, 9.17) is 9.47 Å². The van der Waals surface area contributed by atoms with Crippen molar-refractivity contribution < 1.29 is 34.1 Å². The first-order chi connectivity index (χ1) is 23.0. The third-order valence-electron chi connectivity index (χ3n) is 9.88. The Hall–Kier alpha value is -2.89. The Balaban J connectivity index is 0.000000344. The van der Waals surface area contributed by atoms with Crippen LogP contribution in [0.5, 0.6) is 5.75 Å². The molecule has 1 saturated heterocycles. The van der Waals surface area contributed by atoms with Crippen molar-refractivity contribution in [2.24, 2.45) is 4.99 Å². The van der Waals surface area contributed by atoms with Gasteiger partial charge in [0.1, 0.15) is 23.4 Å². The number of carbonyl (C=O) groups excluding carboxylic acids is 2. The number of hydrogen-bond donors (Lipinski definition) is 3. The predicted molar refractivity (Wildman–Crippen MR) is 194 cm³/mol. The van der Waals surface area contributed by atoms with Gasteiger partial charge in [-0.15, -0.1) is 11.8 Å². The van der Waals surface area contributed by atoms with Gasteiger partial charge < -0.3 is 25.0 Å². The number of thioether (sulfide) groups is 1. The molecule has 0 spiro atoms. The number of nitrogens with one attached hydrogen (secondary N) is 1. The summed E-state index contributed by atoms with van der Waals surface area (Å²) in [6.07, 6.45) is 16.1. The van der Waals surface area contributed by atoms with Gasteiger partial charge in [-0.25, -0.2) is 9.79 Å². The number of aromatic hydroxyl groups is 1. The van der Waals surface area contributed by atoms with E-state index in [0.717, 1.165) is 28.1 Å². The normalized spacial score (nSPS) is 23.9. The highest BCUT2D eigenvalue weighted by Crippen LogP contribution is 2.49. The Morgan fingerprint density at radius 1 is 0.980 bits per heavy atom. The highest BCUT2D eigenvalue weighted by molar-refractivity contribution is 8.00. The number of β-lactam (4-membered cyclic amide) rings is 1. The number of aliphatic carboxylic acids is 1. The number of amides is 1. The molecule has 1 aromatic carbocycles. The molecule has 10 nitrogen and oxygen atoms in total. The first-order valence-corrected chi connectivity index (χ1v) is 18.8. The van der Waals surface area contributed by atoms with Gasteiger partial charge in [-0.3, -0.25) is 14.5 Å². The zero-order valence-corrected chi connectivity index (χ0v) is 31.5. The fraction of sp³-hybridized carbons (Fsp3) is 0.684. The molecule has 11 heteroatoms. The molecule has 2 aliphatic heterocycles. The summed E-state index contributed by atoms with van der Waals surface area (Å²) in [7, 11) is 1.36. The summed E-state index contributed by atoms with van der Waals surface area (Å²) >= 11 is 1.30. The summed E-state index contributed by atoms with van der Waals surface area (Å²) in [6, 6.07) is 5.42. The van der Waals surface area contributed by atoms with Crippen LogP contribution in [0.2, 0.25) is 0 Å². The third-order valence-corrected chi connectivity index (χ3v) is 11.2. The highest BCUT2D eigenvalue weighted by Gasteiger charge is 2.66. The number of ether oxygens (including phenoxy) is 2. The van der Waals surface area contributed by atoms with Gasteiger partial charge in [-0.05, 0) is 54.2 Å². The second kappa shape index (κ2) is 16.0. The van der Waals surface area contributed by atoms with Crippen molar-refractivity contribution in [3.63, 3.8) is 0 Å². The van der Waals surface area contributed by atoms with Crippen molar-refractivity contribution in [1.29, 1.82) is 0 Å². The number of phenolic OH excluding ortho intramolecular Hbond substituents is 1. The van der Waals surface area contributed by atoms with Crippen LogP contribution in [0.4, 0.5) is 0 Å². The van der Waals surface area contributed by atoms with E-state index < -0.39 is 28.9 Å². The Morgan fingerprint density at radius 2 is 1.49 bits per heavy atom. The summed E-state index contributed by atoms with van der Waals surface area (Å²) in [6.45, 7) is 13.1. The van der Waals surface area contributed by atoms with E-state index in [-0.39, 0.29) is 34.6 Å². The largest absolute Gasteiger partial charge is 0.507 e. The number of methoxy groups -OCH3 is 1. The van der Waals surface area contributed by atoms with Crippen molar-refractivity contribution in [3.05, 3.63) is 40.1 Å². The molecule has 1 aromatic rings. The summed E-state index contributed by atoms with van der Waals surface area (Å²) in [4.78, 5) is 42.2. The second-order valence-electron chi connectivity index (χ2n) is 15.8. The number of esters is 1. The number of benzene rings is 1. The summed E-state index contributed by atoms with van der Waals surface area (Å²) in [5.74, 6) is -1.96. The zero-order chi connectivity index (χ0) is 36.1. The molecule has 2 atom stereocenters. The van der Waals surface area contributed by atoms with Crippen LogP contribution in [0.15, 0.2) is 28.4 Å². The SMILES string of the molecule is C1CCC(NC2CCCCC2)CC1.CO[C@@]1(N=Cc2cc(C(C)(C)C)c(O)c(C(C)(C)C)c2)C(=O)N2C(C(=O)O)=C(COC(C)=O)CS[C@@H]21. The van der Waals surface area contributed by atoms with Crippen LogP contribution in [0.3, 0.4) is 0 Å². The van der Waals surface area contributed by atoms with Gasteiger partial charge in [0.2, 0.25) is 0 Å². The molecule has 2 saturated carbocycles. The molecule has 3 fully saturated rings. The minimum atomic E-state index is -1.60. The van der Waals surface area contributed by atoms with Crippen LogP contribution in [0, 0.1) is 0 Å². The minimum absolute atomic E-state index is 0.206. The lowest BCUT2D eigenvalue weighted by atomic mass is 9.78. The maximum absolute atomic E-state index is 13.3. The molecule has 5 rings (SSSR count). The number of nitrogens with zero attached hydrogens (tertiary/aromatic N) is 2. The van der Waals surface area contributed by atoms with Gasteiger partial charge in [0.15, 0.2) is 0 Å². The van der Waals surface area contributed by atoms with Gasteiger partial charge in [0, 0.05) is 54.8 Å². The molecule has 2 heterocycles. The number of fused-ring (bicyclic) bond motifs is 1. The van der Waals surface area contributed by atoms with Crippen LogP contribution < -0.4 is 5.32 Å². The Labute approximate surface area is 296 Å². The monoisotopic (exact) mass is 699 g/mol. The van der Waals surface area contributed by atoms with Crippen LogP contribution in [0.25, 0.3) is 0 Å². The predicted octanol–water partition coefficient (Wildman–Crippen LogP) is 6.81. The van der Waals surface area contributed by atoms with Crippen molar-refractivity contribution in [2.75, 3.05) is 19.5 Å². The smallest absolute Gasteiger partial charge is 0.352 e. The van der Waals surface area contributed by atoms with Crippen molar-refractivity contribution >= 4 is 35.8 Å². The number of hydrogen-bond acceptors (Lipinski definition) is 9. The lowest BCUT2D eigenvalue weighted by Crippen LogP contribution is -2.73. The van der Waals surface area contributed by atoms with Crippen LogP contribution in [0.1, 0.15) is 129 Å². The zero-order valence-electron chi connectivity index (χ0n) is 30.7. The summed E-state index contributed by atoms with van der Waals surface area (Å²) in [5, 5.41) is 23.9. The van der Waals surface area contributed by atoms with Gasteiger partial charge in [-0.2, -0.15) is 0 Å². The fourth-order valence-corrected chi connectivity index (χ4v) is 8.56. The molecule has 2 aliphatic carbocycles. The molecule has 0 unspecified atom stereocenters. The molecule has 3 N–H and O–H groups in total. The lowest BCUT2D eigenvalue weighted by molar-refractivity contribution is -0.182. The van der Waals surface area contributed by atoms with Crippen molar-refractivity contribution in [1.82, 2.24) is 10.2 Å². The van der Waals surface area contributed by atoms with Gasteiger partial charge in [0.05, 0.1) is 0 Å². The van der Waals surface area contributed by atoms with Crippen LogP contribution >= 0.6 is 11.8 Å². The molecule has 272 valence electrons. The fourth-order valence-electron chi connectivity index (χ4n) is 7.15. The Morgan fingerprint density at radius 3 is 1.92 bits per heavy atom. The van der Waals surface area contributed by atoms with E-state index in [1.54, 1.807) is 6.21 Å². The average Bonchev–Trinajstić information content (AvgIpc) is 3.04. The van der Waals surface area contributed by atoms with Gasteiger partial charge in [0.25, 0.3) is 11.6 Å². The first kappa shape index (κ1) is 38.9. The topological polar surface area (TPSA) is 138 Å². The molecule has 0 aromatic heterocycles. The maximum atomic E-state index is 13.3. The van der Waals surface area contributed by atoms with E-state index >= 15 is 0 Å². The van der Waals surface area contributed by atoms with Crippen molar-refractivity contribution in [2.45, 2.75) is 147 Å². The van der Waals surface area contributed by atoms with E-state index in [2.05, 4.69) is 10.3 Å². The van der Waals surface area contributed by atoms with Gasteiger partial charge >= 0.3 is 11.9 Å². The number of rotatable bonds is 8. The average molecular weight is 700 g/mol. The van der Waals surface area contributed by atoms with Gasteiger partial charge in [-0.1, -0.05) is 80.1 Å². The Kier molecular flexibility index (Phi) is 12.7. The highest BCUT2D eigenvalue weighted by atomic mass is 32.2. The van der Waals surface area contributed by atoms with E-state index in [1.165, 1.54) is 90.0 Å². The summed E-state index contributed by atoms with van der Waals surface area (Å²) in [5.41, 5.74) is 0.0522. The third kappa shape index (κ3) is 9.08. The molecule has 0 bridgehead atoms. The maximum Gasteiger partial charge on any atom is 0.352 e. The number of carboxylic acid groups (broad SMARTS) is 1.